The number of rotatable bonds is 9. The van der Waals surface area contributed by atoms with Gasteiger partial charge in [0.2, 0.25) is 0 Å². The Morgan fingerprint density at radius 3 is 2.61 bits per heavy atom. The lowest BCUT2D eigenvalue weighted by Gasteiger charge is -2.09. The summed E-state index contributed by atoms with van der Waals surface area (Å²) in [5.41, 5.74) is 1.28. The van der Waals surface area contributed by atoms with Crippen LogP contribution in [0.3, 0.4) is 0 Å². The van der Waals surface area contributed by atoms with Crippen molar-refractivity contribution in [1.82, 2.24) is 15.0 Å². The standard InChI is InChI=1S/C15H29N3/c1-5-14(4)9-7-6-8-10-18-15(11-13(2)3)12-16-17-18/h12-14H,5-11H2,1-4H3. The summed E-state index contributed by atoms with van der Waals surface area (Å²) >= 11 is 0. The van der Waals surface area contributed by atoms with Gasteiger partial charge in [0.25, 0.3) is 0 Å². The van der Waals surface area contributed by atoms with E-state index in [2.05, 4.69) is 42.7 Å². The summed E-state index contributed by atoms with van der Waals surface area (Å²) in [5.74, 6) is 1.56. The number of hydrogen-bond acceptors (Lipinski definition) is 2. The molecular formula is C15H29N3. The van der Waals surface area contributed by atoms with E-state index in [9.17, 15) is 0 Å². The lowest BCUT2D eigenvalue weighted by molar-refractivity contribution is 0.451. The molecule has 0 radical (unpaired) electrons. The van der Waals surface area contributed by atoms with Crippen molar-refractivity contribution in [3.05, 3.63) is 11.9 Å². The Labute approximate surface area is 112 Å². The van der Waals surface area contributed by atoms with Crippen LogP contribution < -0.4 is 0 Å². The zero-order valence-corrected chi connectivity index (χ0v) is 12.5. The molecule has 0 N–H and O–H groups in total. The third kappa shape index (κ3) is 5.65. The van der Waals surface area contributed by atoms with E-state index >= 15 is 0 Å². The van der Waals surface area contributed by atoms with Gasteiger partial charge in [0.15, 0.2) is 0 Å². The van der Waals surface area contributed by atoms with Crippen molar-refractivity contribution < 1.29 is 0 Å². The van der Waals surface area contributed by atoms with Crippen molar-refractivity contribution in [3.63, 3.8) is 0 Å². The molecule has 1 aromatic heterocycles. The Kier molecular flexibility index (Phi) is 6.99. The summed E-state index contributed by atoms with van der Waals surface area (Å²) in [6, 6.07) is 0. The second-order valence-electron chi connectivity index (χ2n) is 5.91. The first-order chi connectivity index (χ1) is 8.63. The van der Waals surface area contributed by atoms with Gasteiger partial charge in [-0.15, -0.1) is 5.10 Å². The summed E-state index contributed by atoms with van der Waals surface area (Å²) in [7, 11) is 0. The van der Waals surface area contributed by atoms with Crippen molar-refractivity contribution in [2.45, 2.75) is 72.8 Å². The third-order valence-corrected chi connectivity index (χ3v) is 3.58. The van der Waals surface area contributed by atoms with Crippen LogP contribution in [0.1, 0.15) is 65.5 Å². The molecule has 1 unspecified atom stereocenters. The molecule has 0 fully saturated rings. The van der Waals surface area contributed by atoms with E-state index in [4.69, 9.17) is 0 Å². The van der Waals surface area contributed by atoms with Gasteiger partial charge in [-0.05, 0) is 24.7 Å². The second kappa shape index (κ2) is 8.28. The number of aryl methyl sites for hydroxylation is 1. The van der Waals surface area contributed by atoms with Gasteiger partial charge in [0.1, 0.15) is 0 Å². The lowest BCUT2D eigenvalue weighted by Crippen LogP contribution is -2.08. The maximum absolute atomic E-state index is 4.18. The monoisotopic (exact) mass is 251 g/mol. The molecule has 1 aromatic rings. The predicted octanol–water partition coefficient (Wildman–Crippen LogP) is 4.08. The van der Waals surface area contributed by atoms with Crippen LogP contribution in [-0.2, 0) is 13.0 Å². The molecule has 0 bridgehead atoms. The van der Waals surface area contributed by atoms with Crippen LogP contribution in [0.15, 0.2) is 6.20 Å². The van der Waals surface area contributed by atoms with Crippen molar-refractivity contribution in [2.24, 2.45) is 11.8 Å². The largest absolute Gasteiger partial charge is 0.249 e. The molecule has 0 amide bonds. The van der Waals surface area contributed by atoms with Gasteiger partial charge in [-0.1, -0.05) is 58.6 Å². The smallest absolute Gasteiger partial charge is 0.0725 e. The first-order valence-electron chi connectivity index (χ1n) is 7.50. The average Bonchev–Trinajstić information content (AvgIpc) is 2.75. The van der Waals surface area contributed by atoms with Crippen LogP contribution in [-0.4, -0.2) is 15.0 Å². The maximum atomic E-state index is 4.18. The van der Waals surface area contributed by atoms with E-state index < -0.39 is 0 Å². The van der Waals surface area contributed by atoms with E-state index in [0.29, 0.717) is 5.92 Å². The normalized spacial score (nSPS) is 13.2. The highest BCUT2D eigenvalue weighted by atomic mass is 15.4. The van der Waals surface area contributed by atoms with Crippen molar-refractivity contribution in [3.8, 4) is 0 Å². The van der Waals surface area contributed by atoms with Crippen LogP contribution >= 0.6 is 0 Å². The third-order valence-electron chi connectivity index (χ3n) is 3.58. The van der Waals surface area contributed by atoms with Gasteiger partial charge in [0, 0.05) is 6.54 Å². The van der Waals surface area contributed by atoms with Crippen molar-refractivity contribution in [1.29, 1.82) is 0 Å². The second-order valence-corrected chi connectivity index (χ2v) is 5.91. The lowest BCUT2D eigenvalue weighted by atomic mass is 10.0. The highest BCUT2D eigenvalue weighted by Crippen LogP contribution is 2.13. The molecule has 0 saturated carbocycles. The molecule has 3 nitrogen and oxygen atoms in total. The Bertz CT molecular complexity index is 317. The molecule has 0 aromatic carbocycles. The Morgan fingerprint density at radius 1 is 1.17 bits per heavy atom. The van der Waals surface area contributed by atoms with Crippen molar-refractivity contribution in [2.75, 3.05) is 0 Å². The first-order valence-corrected chi connectivity index (χ1v) is 7.50. The van der Waals surface area contributed by atoms with E-state index in [1.165, 1.54) is 37.8 Å². The van der Waals surface area contributed by atoms with Gasteiger partial charge in [-0.2, -0.15) is 0 Å². The minimum atomic E-state index is 0.674. The van der Waals surface area contributed by atoms with E-state index in [0.717, 1.165) is 18.9 Å². The van der Waals surface area contributed by atoms with Crippen LogP contribution in [0.25, 0.3) is 0 Å². The SMILES string of the molecule is CCC(C)CCCCCn1nncc1CC(C)C. The molecular weight excluding hydrogens is 222 g/mol. The van der Waals surface area contributed by atoms with Gasteiger partial charge in [-0.25, -0.2) is 4.68 Å². The molecule has 104 valence electrons. The van der Waals surface area contributed by atoms with Gasteiger partial charge in [0.05, 0.1) is 11.9 Å². The summed E-state index contributed by atoms with van der Waals surface area (Å²) in [6.45, 7) is 10.1. The molecule has 3 heteroatoms. The minimum absolute atomic E-state index is 0.674. The molecule has 1 rings (SSSR count). The molecule has 0 saturated heterocycles. The highest BCUT2D eigenvalue weighted by molar-refractivity contribution is 4.94. The Morgan fingerprint density at radius 2 is 1.94 bits per heavy atom. The van der Waals surface area contributed by atoms with Gasteiger partial charge >= 0.3 is 0 Å². The molecule has 0 aliphatic carbocycles. The molecule has 0 spiro atoms. The summed E-state index contributed by atoms with van der Waals surface area (Å²) in [4.78, 5) is 0. The fourth-order valence-electron chi connectivity index (χ4n) is 2.18. The van der Waals surface area contributed by atoms with Crippen LogP contribution in [0.4, 0.5) is 0 Å². The molecule has 0 aliphatic rings. The zero-order valence-electron chi connectivity index (χ0n) is 12.5. The maximum Gasteiger partial charge on any atom is 0.0725 e. The van der Waals surface area contributed by atoms with Crippen molar-refractivity contribution >= 4 is 0 Å². The summed E-state index contributed by atoms with van der Waals surface area (Å²) in [6.07, 6.45) is 9.56. The minimum Gasteiger partial charge on any atom is -0.249 e. The van der Waals surface area contributed by atoms with E-state index in [1.54, 1.807) is 0 Å². The molecule has 18 heavy (non-hydrogen) atoms. The fourth-order valence-corrected chi connectivity index (χ4v) is 2.18. The molecule has 0 aliphatic heterocycles. The number of aromatic nitrogens is 3. The predicted molar refractivity (Wildman–Crippen MR) is 76.5 cm³/mol. The van der Waals surface area contributed by atoms with E-state index in [-0.39, 0.29) is 0 Å². The Balaban J connectivity index is 2.21. The first kappa shape index (κ1) is 15.2. The van der Waals surface area contributed by atoms with E-state index in [1.807, 2.05) is 6.20 Å². The molecule has 1 atom stereocenters. The van der Waals surface area contributed by atoms with Gasteiger partial charge < -0.3 is 0 Å². The molecule has 1 heterocycles. The number of hydrogen-bond donors (Lipinski definition) is 0. The highest BCUT2D eigenvalue weighted by Gasteiger charge is 2.06. The van der Waals surface area contributed by atoms with Crippen LogP contribution in [0, 0.1) is 11.8 Å². The zero-order chi connectivity index (χ0) is 13.4. The average molecular weight is 251 g/mol. The number of nitrogens with zero attached hydrogens (tertiary/aromatic N) is 3. The quantitative estimate of drug-likeness (QED) is 0.619. The van der Waals surface area contributed by atoms with Crippen LogP contribution in [0.2, 0.25) is 0 Å². The number of unbranched alkanes of at least 4 members (excludes halogenated alkanes) is 2. The van der Waals surface area contributed by atoms with Gasteiger partial charge in [-0.3, -0.25) is 0 Å². The fraction of sp³-hybridized carbons (Fsp3) is 0.867. The summed E-state index contributed by atoms with van der Waals surface area (Å²) in [5, 5.41) is 8.21. The Hall–Kier alpha value is -0.860. The topological polar surface area (TPSA) is 30.7 Å². The van der Waals surface area contributed by atoms with Crippen LogP contribution in [0.5, 0.6) is 0 Å². The summed E-state index contributed by atoms with van der Waals surface area (Å²) < 4.78 is 2.09.